The lowest BCUT2D eigenvalue weighted by molar-refractivity contribution is -0.132. The van der Waals surface area contributed by atoms with Crippen molar-refractivity contribution in [3.05, 3.63) is 30.4 Å². The summed E-state index contributed by atoms with van der Waals surface area (Å²) in [6, 6.07) is 4.05. The zero-order valence-corrected chi connectivity index (χ0v) is 13.2. The summed E-state index contributed by atoms with van der Waals surface area (Å²) in [5.41, 5.74) is 0.856. The fourth-order valence-corrected chi connectivity index (χ4v) is 2.79. The summed E-state index contributed by atoms with van der Waals surface area (Å²) < 4.78 is 5.23. The molecule has 1 N–H and O–H groups in total. The molecule has 2 aromatic rings. The maximum atomic E-state index is 12.3. The molecular weight excluding hydrogens is 294 g/mol. The van der Waals surface area contributed by atoms with Gasteiger partial charge < -0.3 is 14.7 Å². The first-order valence-electron chi connectivity index (χ1n) is 7.94. The molecule has 7 nitrogen and oxygen atoms in total. The van der Waals surface area contributed by atoms with Crippen LogP contribution in [-0.2, 0) is 11.2 Å². The summed E-state index contributed by atoms with van der Waals surface area (Å²) in [5, 5.41) is 7.20. The van der Waals surface area contributed by atoms with E-state index in [9.17, 15) is 4.79 Å². The summed E-state index contributed by atoms with van der Waals surface area (Å²) >= 11 is 0. The molecule has 7 heteroatoms. The van der Waals surface area contributed by atoms with Gasteiger partial charge in [-0.25, -0.2) is 0 Å². The van der Waals surface area contributed by atoms with Crippen molar-refractivity contribution in [1.82, 2.24) is 25.3 Å². The predicted molar refractivity (Wildman–Crippen MR) is 84.5 cm³/mol. The van der Waals surface area contributed by atoms with Crippen LogP contribution in [0.15, 0.2) is 29.0 Å². The van der Waals surface area contributed by atoms with Gasteiger partial charge in [-0.3, -0.25) is 9.78 Å². The van der Waals surface area contributed by atoms with Gasteiger partial charge in [0.15, 0.2) is 0 Å². The van der Waals surface area contributed by atoms with Gasteiger partial charge in [-0.2, -0.15) is 4.98 Å². The maximum Gasteiger partial charge on any atom is 0.227 e. The van der Waals surface area contributed by atoms with Crippen molar-refractivity contribution in [3.63, 3.8) is 0 Å². The zero-order chi connectivity index (χ0) is 16.1. The monoisotopic (exact) mass is 315 g/mol. The van der Waals surface area contributed by atoms with Gasteiger partial charge >= 0.3 is 0 Å². The van der Waals surface area contributed by atoms with Crippen LogP contribution in [0.1, 0.15) is 25.2 Å². The number of nitrogens with one attached hydrogen (secondary N) is 1. The topological polar surface area (TPSA) is 84.2 Å². The van der Waals surface area contributed by atoms with E-state index in [0.29, 0.717) is 30.6 Å². The Bertz CT molecular complexity index is 643. The van der Waals surface area contributed by atoms with Crippen molar-refractivity contribution in [2.24, 2.45) is 0 Å². The second-order valence-corrected chi connectivity index (χ2v) is 5.72. The van der Waals surface area contributed by atoms with Crippen LogP contribution in [0.5, 0.6) is 0 Å². The molecule has 1 atom stereocenters. The Labute approximate surface area is 135 Å². The lowest BCUT2D eigenvalue weighted by Crippen LogP contribution is -2.47. The van der Waals surface area contributed by atoms with Crippen LogP contribution >= 0.6 is 0 Å². The quantitative estimate of drug-likeness (QED) is 0.894. The van der Waals surface area contributed by atoms with E-state index in [0.717, 1.165) is 31.5 Å². The van der Waals surface area contributed by atoms with Crippen LogP contribution in [0.2, 0.25) is 0 Å². The Morgan fingerprint density at radius 1 is 1.43 bits per heavy atom. The lowest BCUT2D eigenvalue weighted by Gasteiger charge is -2.32. The fraction of sp³-hybridized carbons (Fsp3) is 0.500. The number of hydrogen-bond donors (Lipinski definition) is 1. The van der Waals surface area contributed by atoms with Gasteiger partial charge in [0.25, 0.3) is 0 Å². The van der Waals surface area contributed by atoms with Crippen molar-refractivity contribution in [3.8, 4) is 11.4 Å². The summed E-state index contributed by atoms with van der Waals surface area (Å²) in [4.78, 5) is 22.5. The number of likely N-dealkylation sites (N-methyl/N-ethyl adjacent to an activating group) is 1. The predicted octanol–water partition coefficient (Wildman–Crippen LogP) is 1.27. The van der Waals surface area contributed by atoms with Crippen molar-refractivity contribution < 1.29 is 9.32 Å². The van der Waals surface area contributed by atoms with Crippen molar-refractivity contribution >= 4 is 5.91 Å². The molecule has 3 rings (SSSR count). The smallest absolute Gasteiger partial charge is 0.227 e. The third-order valence-electron chi connectivity index (χ3n) is 4.14. The molecule has 0 aliphatic carbocycles. The van der Waals surface area contributed by atoms with Crippen molar-refractivity contribution in [2.75, 3.05) is 20.1 Å². The highest BCUT2D eigenvalue weighted by Gasteiger charge is 2.22. The molecule has 1 unspecified atom stereocenters. The summed E-state index contributed by atoms with van der Waals surface area (Å²) in [5.74, 6) is 1.17. The molecule has 1 saturated heterocycles. The zero-order valence-electron chi connectivity index (χ0n) is 13.2. The minimum Gasteiger partial charge on any atom is -0.341 e. The third kappa shape index (κ3) is 3.92. The highest BCUT2D eigenvalue weighted by Crippen LogP contribution is 2.16. The van der Waals surface area contributed by atoms with E-state index in [-0.39, 0.29) is 5.91 Å². The molecule has 1 aliphatic heterocycles. The van der Waals surface area contributed by atoms with Gasteiger partial charge in [-0.15, -0.1) is 0 Å². The maximum absolute atomic E-state index is 12.3. The standard InChI is InChI=1S/C16H21N5O2/c1-17-13-3-2-10-21(11-13)15(22)5-4-14-19-16(20-23-14)12-6-8-18-9-7-12/h6-9,13,17H,2-5,10-11H2,1H3. The van der Waals surface area contributed by atoms with E-state index in [2.05, 4.69) is 20.4 Å². The molecule has 0 aromatic carbocycles. The van der Waals surface area contributed by atoms with Crippen LogP contribution in [0, 0.1) is 0 Å². The van der Waals surface area contributed by atoms with Crippen LogP contribution < -0.4 is 5.32 Å². The molecule has 0 saturated carbocycles. The number of carbonyl (C=O) groups is 1. The van der Waals surface area contributed by atoms with Crippen LogP contribution in [-0.4, -0.2) is 52.1 Å². The van der Waals surface area contributed by atoms with E-state index in [1.165, 1.54) is 0 Å². The Kier molecular flexibility index (Phi) is 4.97. The van der Waals surface area contributed by atoms with Gasteiger partial charge in [-0.05, 0) is 32.0 Å². The van der Waals surface area contributed by atoms with Crippen LogP contribution in [0.25, 0.3) is 11.4 Å². The molecule has 122 valence electrons. The second kappa shape index (κ2) is 7.32. The van der Waals surface area contributed by atoms with Gasteiger partial charge in [-0.1, -0.05) is 5.16 Å². The number of aromatic nitrogens is 3. The van der Waals surface area contributed by atoms with Gasteiger partial charge in [0.05, 0.1) is 0 Å². The third-order valence-corrected chi connectivity index (χ3v) is 4.14. The Morgan fingerprint density at radius 3 is 3.04 bits per heavy atom. The summed E-state index contributed by atoms with van der Waals surface area (Å²) in [7, 11) is 1.94. The summed E-state index contributed by atoms with van der Waals surface area (Å²) in [6.07, 6.45) is 6.40. The summed E-state index contributed by atoms with van der Waals surface area (Å²) in [6.45, 7) is 1.62. The molecule has 1 fully saturated rings. The van der Waals surface area contributed by atoms with E-state index in [1.807, 2.05) is 24.1 Å². The number of nitrogens with zero attached hydrogens (tertiary/aromatic N) is 4. The molecule has 1 amide bonds. The molecular formula is C16H21N5O2. The van der Waals surface area contributed by atoms with Crippen LogP contribution in [0.4, 0.5) is 0 Å². The molecule has 1 aliphatic rings. The Balaban J connectivity index is 1.54. The number of carbonyl (C=O) groups excluding carboxylic acids is 1. The Hall–Kier alpha value is -2.28. The average Bonchev–Trinajstić information content (AvgIpc) is 3.09. The number of likely N-dealkylation sites (tertiary alicyclic amines) is 1. The Morgan fingerprint density at radius 2 is 2.26 bits per heavy atom. The SMILES string of the molecule is CNC1CCCN(C(=O)CCc2nc(-c3ccncc3)no2)C1. The van der Waals surface area contributed by atoms with Crippen molar-refractivity contribution in [2.45, 2.75) is 31.7 Å². The fourth-order valence-electron chi connectivity index (χ4n) is 2.79. The van der Waals surface area contributed by atoms with E-state index in [1.54, 1.807) is 12.4 Å². The van der Waals surface area contributed by atoms with Gasteiger partial charge in [0, 0.05) is 49.9 Å². The number of aryl methyl sites for hydroxylation is 1. The highest BCUT2D eigenvalue weighted by atomic mass is 16.5. The van der Waals surface area contributed by atoms with Gasteiger partial charge in [0.1, 0.15) is 0 Å². The molecule has 2 aromatic heterocycles. The van der Waals surface area contributed by atoms with E-state index < -0.39 is 0 Å². The molecule has 0 radical (unpaired) electrons. The van der Waals surface area contributed by atoms with Crippen LogP contribution in [0.3, 0.4) is 0 Å². The first-order valence-corrected chi connectivity index (χ1v) is 7.94. The number of hydrogen-bond acceptors (Lipinski definition) is 6. The minimum atomic E-state index is 0.147. The largest absolute Gasteiger partial charge is 0.341 e. The number of amides is 1. The molecule has 23 heavy (non-hydrogen) atoms. The second-order valence-electron chi connectivity index (χ2n) is 5.72. The van der Waals surface area contributed by atoms with Crippen molar-refractivity contribution in [1.29, 1.82) is 0 Å². The first kappa shape index (κ1) is 15.6. The lowest BCUT2D eigenvalue weighted by atomic mass is 10.1. The average molecular weight is 315 g/mol. The van der Waals surface area contributed by atoms with E-state index >= 15 is 0 Å². The molecule has 3 heterocycles. The van der Waals surface area contributed by atoms with E-state index in [4.69, 9.17) is 4.52 Å². The molecule has 0 bridgehead atoms. The number of rotatable bonds is 5. The highest BCUT2D eigenvalue weighted by molar-refractivity contribution is 5.76. The van der Waals surface area contributed by atoms with Gasteiger partial charge in [0.2, 0.25) is 17.6 Å². The number of pyridine rings is 1. The molecule has 0 spiro atoms. The normalized spacial score (nSPS) is 18.1. The minimum absolute atomic E-state index is 0.147. The first-order chi connectivity index (χ1) is 11.3. The number of piperidine rings is 1.